The van der Waals surface area contributed by atoms with Gasteiger partial charge in [0.1, 0.15) is 5.54 Å². The number of nitriles is 1. The molecule has 0 spiro atoms. The van der Waals surface area contributed by atoms with Crippen LogP contribution < -0.4 is 10.6 Å². The molecule has 1 unspecified atom stereocenters. The molecule has 2 rings (SSSR count). The Hall–Kier alpha value is -2.39. The van der Waals surface area contributed by atoms with Gasteiger partial charge >= 0.3 is 0 Å². The molecule has 1 aromatic carbocycles. The summed E-state index contributed by atoms with van der Waals surface area (Å²) in [5.74, 6) is -0.232. The molecule has 1 saturated carbocycles. The van der Waals surface area contributed by atoms with Gasteiger partial charge in [-0.1, -0.05) is 31.4 Å². The van der Waals surface area contributed by atoms with Crippen LogP contribution in [0.15, 0.2) is 24.3 Å². The first-order chi connectivity index (χ1) is 12.4. The third kappa shape index (κ3) is 4.83. The number of carbonyl (C=O) groups excluding carboxylic acids is 2. The van der Waals surface area contributed by atoms with E-state index in [2.05, 4.69) is 16.7 Å². The van der Waals surface area contributed by atoms with Crippen LogP contribution in [0.2, 0.25) is 0 Å². The molecule has 6 heteroatoms. The zero-order valence-corrected chi connectivity index (χ0v) is 15.8. The summed E-state index contributed by atoms with van der Waals surface area (Å²) in [6, 6.07) is 9.32. The zero-order valence-electron chi connectivity index (χ0n) is 15.8. The lowest BCUT2D eigenvalue weighted by Crippen LogP contribution is -2.54. The van der Waals surface area contributed by atoms with E-state index in [-0.39, 0.29) is 17.9 Å². The van der Waals surface area contributed by atoms with E-state index in [1.807, 2.05) is 31.0 Å². The minimum Gasteiger partial charge on any atom is -0.355 e. The molecule has 140 valence electrons. The van der Waals surface area contributed by atoms with E-state index in [9.17, 15) is 14.9 Å². The molecule has 0 heterocycles. The summed E-state index contributed by atoms with van der Waals surface area (Å²) >= 11 is 0. The maximum absolute atomic E-state index is 12.6. The first-order valence-electron chi connectivity index (χ1n) is 9.15. The van der Waals surface area contributed by atoms with Gasteiger partial charge in [0, 0.05) is 19.2 Å². The van der Waals surface area contributed by atoms with Gasteiger partial charge in [0.15, 0.2) is 0 Å². The molecule has 1 aromatic rings. The van der Waals surface area contributed by atoms with Crippen LogP contribution in [-0.4, -0.2) is 42.4 Å². The van der Waals surface area contributed by atoms with Gasteiger partial charge in [0.25, 0.3) is 5.91 Å². The Morgan fingerprint density at radius 3 is 2.38 bits per heavy atom. The van der Waals surface area contributed by atoms with Crippen molar-refractivity contribution >= 4 is 11.8 Å². The molecule has 6 nitrogen and oxygen atoms in total. The highest BCUT2D eigenvalue weighted by molar-refractivity contribution is 5.93. The molecule has 1 fully saturated rings. The van der Waals surface area contributed by atoms with E-state index >= 15 is 0 Å². The fourth-order valence-corrected chi connectivity index (χ4v) is 3.29. The summed E-state index contributed by atoms with van der Waals surface area (Å²) in [5.41, 5.74) is 0.921. The van der Waals surface area contributed by atoms with Crippen molar-refractivity contribution in [1.29, 1.82) is 5.26 Å². The normalized spacial score (nSPS) is 17.2. The van der Waals surface area contributed by atoms with Crippen molar-refractivity contribution in [2.45, 2.75) is 57.2 Å². The highest BCUT2D eigenvalue weighted by Gasteiger charge is 2.35. The predicted molar refractivity (Wildman–Crippen MR) is 100 cm³/mol. The van der Waals surface area contributed by atoms with Crippen LogP contribution in [0.25, 0.3) is 0 Å². The molecule has 0 radical (unpaired) electrons. The van der Waals surface area contributed by atoms with Crippen molar-refractivity contribution in [1.82, 2.24) is 15.5 Å². The van der Waals surface area contributed by atoms with E-state index in [4.69, 9.17) is 0 Å². The Kier molecular flexibility index (Phi) is 6.76. The largest absolute Gasteiger partial charge is 0.355 e. The number of benzene rings is 1. The second kappa shape index (κ2) is 8.81. The van der Waals surface area contributed by atoms with Crippen molar-refractivity contribution in [3.05, 3.63) is 35.4 Å². The molecular weight excluding hydrogens is 328 g/mol. The quantitative estimate of drug-likeness (QED) is 0.818. The maximum Gasteiger partial charge on any atom is 0.251 e. The Labute approximate surface area is 155 Å². The van der Waals surface area contributed by atoms with Gasteiger partial charge in [-0.2, -0.15) is 5.26 Å². The Balaban J connectivity index is 1.95. The summed E-state index contributed by atoms with van der Waals surface area (Å²) in [7, 11) is 3.49. The molecule has 0 bridgehead atoms. The lowest BCUT2D eigenvalue weighted by Gasteiger charge is -2.34. The molecule has 1 atom stereocenters. The number of nitrogens with one attached hydrogen (secondary N) is 2. The second-order valence-electron chi connectivity index (χ2n) is 7.11. The standard InChI is InChI=1S/C20H28N4O2/c1-15(18(25)23-20(14-21)11-5-4-6-12-20)24(3)13-16-7-9-17(10-8-16)19(26)22-2/h7-10,15H,4-6,11-13H2,1-3H3,(H,22,26)(H,23,25). The summed E-state index contributed by atoms with van der Waals surface area (Å²) in [6.45, 7) is 2.43. The zero-order chi connectivity index (χ0) is 19.2. The lowest BCUT2D eigenvalue weighted by molar-refractivity contribution is -0.127. The van der Waals surface area contributed by atoms with Gasteiger partial charge in [-0.05, 0) is 44.5 Å². The van der Waals surface area contributed by atoms with Crippen molar-refractivity contribution in [3.63, 3.8) is 0 Å². The van der Waals surface area contributed by atoms with Crippen LogP contribution in [0.1, 0.15) is 54.9 Å². The molecule has 0 saturated heterocycles. The topological polar surface area (TPSA) is 85.2 Å². The Bertz CT molecular complexity index is 672. The van der Waals surface area contributed by atoms with Gasteiger partial charge in [-0.15, -0.1) is 0 Å². The minimum atomic E-state index is -0.709. The van der Waals surface area contributed by atoms with Crippen LogP contribution in [0.4, 0.5) is 0 Å². The van der Waals surface area contributed by atoms with E-state index in [0.717, 1.165) is 37.7 Å². The number of likely N-dealkylation sites (N-methyl/N-ethyl adjacent to an activating group) is 1. The third-order valence-corrected chi connectivity index (χ3v) is 5.20. The number of hydrogen-bond acceptors (Lipinski definition) is 4. The van der Waals surface area contributed by atoms with E-state index in [1.165, 1.54) is 0 Å². The number of hydrogen-bond donors (Lipinski definition) is 2. The molecule has 26 heavy (non-hydrogen) atoms. The first-order valence-corrected chi connectivity index (χ1v) is 9.15. The maximum atomic E-state index is 12.6. The fraction of sp³-hybridized carbons (Fsp3) is 0.550. The smallest absolute Gasteiger partial charge is 0.251 e. The molecular formula is C20H28N4O2. The van der Waals surface area contributed by atoms with Crippen LogP contribution >= 0.6 is 0 Å². The van der Waals surface area contributed by atoms with Crippen molar-refractivity contribution in [2.75, 3.05) is 14.1 Å². The molecule has 0 aromatic heterocycles. The van der Waals surface area contributed by atoms with Gasteiger partial charge < -0.3 is 10.6 Å². The molecule has 2 amide bonds. The van der Waals surface area contributed by atoms with Crippen molar-refractivity contribution in [3.8, 4) is 6.07 Å². The average molecular weight is 356 g/mol. The third-order valence-electron chi connectivity index (χ3n) is 5.20. The van der Waals surface area contributed by atoms with Crippen LogP contribution in [0, 0.1) is 11.3 Å². The van der Waals surface area contributed by atoms with E-state index in [0.29, 0.717) is 12.1 Å². The van der Waals surface area contributed by atoms with Gasteiger partial charge in [-0.25, -0.2) is 0 Å². The van der Waals surface area contributed by atoms with Gasteiger partial charge in [-0.3, -0.25) is 14.5 Å². The Morgan fingerprint density at radius 2 is 1.85 bits per heavy atom. The summed E-state index contributed by atoms with van der Waals surface area (Å²) in [4.78, 5) is 26.2. The predicted octanol–water partition coefficient (Wildman–Crippen LogP) is 2.21. The number of carbonyl (C=O) groups is 2. The molecule has 1 aliphatic rings. The number of nitrogens with zero attached hydrogens (tertiary/aromatic N) is 2. The van der Waals surface area contributed by atoms with Crippen molar-refractivity contribution < 1.29 is 9.59 Å². The van der Waals surface area contributed by atoms with Crippen LogP contribution in [-0.2, 0) is 11.3 Å². The highest BCUT2D eigenvalue weighted by Crippen LogP contribution is 2.27. The minimum absolute atomic E-state index is 0.113. The van der Waals surface area contributed by atoms with Crippen LogP contribution in [0.3, 0.4) is 0 Å². The molecule has 0 aliphatic heterocycles. The summed E-state index contributed by atoms with van der Waals surface area (Å²) in [6.07, 6.45) is 4.55. The van der Waals surface area contributed by atoms with Gasteiger partial charge in [0.2, 0.25) is 5.91 Å². The highest BCUT2D eigenvalue weighted by atomic mass is 16.2. The summed E-state index contributed by atoms with van der Waals surface area (Å²) < 4.78 is 0. The average Bonchev–Trinajstić information content (AvgIpc) is 2.67. The van der Waals surface area contributed by atoms with Crippen LogP contribution in [0.5, 0.6) is 0 Å². The van der Waals surface area contributed by atoms with Crippen molar-refractivity contribution in [2.24, 2.45) is 0 Å². The molecule has 1 aliphatic carbocycles. The van der Waals surface area contributed by atoms with Gasteiger partial charge in [0.05, 0.1) is 12.1 Å². The number of rotatable bonds is 6. The Morgan fingerprint density at radius 1 is 1.23 bits per heavy atom. The summed E-state index contributed by atoms with van der Waals surface area (Å²) in [5, 5.41) is 15.1. The lowest BCUT2D eigenvalue weighted by atomic mass is 9.82. The SMILES string of the molecule is CNC(=O)c1ccc(CN(C)C(C)C(=O)NC2(C#N)CCCCC2)cc1. The monoisotopic (exact) mass is 356 g/mol. The molecule has 2 N–H and O–H groups in total. The second-order valence-corrected chi connectivity index (χ2v) is 7.11. The van der Waals surface area contributed by atoms with E-state index < -0.39 is 5.54 Å². The number of amides is 2. The first kappa shape index (κ1) is 19.9. The fourth-order valence-electron chi connectivity index (χ4n) is 3.29. The van der Waals surface area contributed by atoms with E-state index in [1.54, 1.807) is 19.2 Å².